The molecule has 0 fully saturated rings. The van der Waals surface area contributed by atoms with Gasteiger partial charge in [-0.2, -0.15) is 0 Å². The zero-order valence-corrected chi connectivity index (χ0v) is 8.25. The van der Waals surface area contributed by atoms with Crippen LogP contribution in [0.5, 0.6) is 0 Å². The van der Waals surface area contributed by atoms with Gasteiger partial charge >= 0.3 is 0 Å². The molecule has 0 unspecified atom stereocenters. The second kappa shape index (κ2) is 2.91. The van der Waals surface area contributed by atoms with Gasteiger partial charge in [0, 0.05) is 6.20 Å². The van der Waals surface area contributed by atoms with Gasteiger partial charge in [0.1, 0.15) is 0 Å². The highest BCUT2D eigenvalue weighted by molar-refractivity contribution is 7.54. The third kappa shape index (κ3) is 1.15. The van der Waals surface area contributed by atoms with Crippen LogP contribution in [-0.2, 0) is 0 Å². The van der Waals surface area contributed by atoms with Gasteiger partial charge in [-0.05, 0) is 38.9 Å². The van der Waals surface area contributed by atoms with Gasteiger partial charge in [0.2, 0.25) is 0 Å². The number of hydrogen-bond donors (Lipinski definition) is 0. The first-order valence-corrected chi connectivity index (χ1v) is 6.21. The number of hydrogen-bond acceptors (Lipinski definition) is 0. The molecule has 12 heavy (non-hydrogen) atoms. The molecule has 0 amide bonds. The van der Waals surface area contributed by atoms with Crippen molar-refractivity contribution in [3.05, 3.63) is 36.5 Å². The molecule has 0 atom stereocenters. The highest BCUT2D eigenvalue weighted by Gasteiger charge is 2.01. The molecule has 2 rings (SSSR count). The van der Waals surface area contributed by atoms with E-state index in [1.54, 1.807) is 0 Å². The summed E-state index contributed by atoms with van der Waals surface area (Å²) in [5.74, 6) is 0. The van der Waals surface area contributed by atoms with Gasteiger partial charge in [-0.3, -0.25) is 0 Å². The minimum atomic E-state index is -0.0417. The van der Waals surface area contributed by atoms with Crippen LogP contribution in [0.15, 0.2) is 36.5 Å². The van der Waals surface area contributed by atoms with Crippen molar-refractivity contribution in [3.8, 4) is 0 Å². The highest BCUT2D eigenvalue weighted by Crippen LogP contribution is 2.32. The van der Waals surface area contributed by atoms with Crippen molar-refractivity contribution < 1.29 is 0 Å². The van der Waals surface area contributed by atoms with Crippen LogP contribution in [-0.4, -0.2) is 17.7 Å². The Bertz CT molecular complexity index is 389. The van der Waals surface area contributed by atoms with Gasteiger partial charge in [0.25, 0.3) is 0 Å². The third-order valence-corrected chi connectivity index (χ3v) is 3.22. The van der Waals surface area contributed by atoms with Gasteiger partial charge in [0.15, 0.2) is 0 Å². The Morgan fingerprint density at radius 1 is 1.08 bits per heavy atom. The molecular formula is C10H12NP. The van der Waals surface area contributed by atoms with Crippen molar-refractivity contribution in [3.63, 3.8) is 0 Å². The van der Waals surface area contributed by atoms with Crippen LogP contribution in [0.1, 0.15) is 0 Å². The summed E-state index contributed by atoms with van der Waals surface area (Å²) < 4.78 is 2.35. The first-order valence-electron chi connectivity index (χ1n) is 4.03. The number of aromatic nitrogens is 1. The Kier molecular flexibility index (Phi) is 1.90. The van der Waals surface area contributed by atoms with Gasteiger partial charge in [-0.25, -0.2) is 0 Å². The lowest BCUT2D eigenvalue weighted by atomic mass is 10.3. The fourth-order valence-electron chi connectivity index (χ4n) is 1.42. The number of fused-ring (bicyclic) bond motifs is 1. The van der Waals surface area contributed by atoms with E-state index in [0.29, 0.717) is 0 Å². The molecular weight excluding hydrogens is 165 g/mol. The van der Waals surface area contributed by atoms with E-state index in [4.69, 9.17) is 0 Å². The SMILES string of the molecule is CP(C)n1ccc2ccccc21. The Morgan fingerprint density at radius 2 is 1.83 bits per heavy atom. The minimum absolute atomic E-state index is 0.0417. The minimum Gasteiger partial charge on any atom is -0.326 e. The van der Waals surface area contributed by atoms with E-state index in [-0.39, 0.29) is 8.07 Å². The van der Waals surface area contributed by atoms with Crippen molar-refractivity contribution in [1.82, 2.24) is 4.34 Å². The van der Waals surface area contributed by atoms with Gasteiger partial charge < -0.3 is 4.34 Å². The van der Waals surface area contributed by atoms with E-state index in [2.05, 4.69) is 54.2 Å². The molecule has 0 spiro atoms. The maximum atomic E-state index is 2.35. The molecule has 0 saturated carbocycles. The first-order chi connectivity index (χ1) is 5.79. The molecule has 0 aliphatic heterocycles. The lowest BCUT2D eigenvalue weighted by Gasteiger charge is -2.08. The Hall–Kier alpha value is -0.810. The molecule has 1 aromatic carbocycles. The molecule has 2 heteroatoms. The lowest BCUT2D eigenvalue weighted by molar-refractivity contribution is 1.32. The average molecular weight is 177 g/mol. The summed E-state index contributed by atoms with van der Waals surface area (Å²) in [4.78, 5) is 0. The fourth-order valence-corrected chi connectivity index (χ4v) is 2.36. The van der Waals surface area contributed by atoms with E-state index in [9.17, 15) is 0 Å². The van der Waals surface area contributed by atoms with E-state index in [1.807, 2.05) is 0 Å². The van der Waals surface area contributed by atoms with Crippen LogP contribution in [0.25, 0.3) is 10.9 Å². The molecule has 1 heterocycles. The summed E-state index contributed by atoms with van der Waals surface area (Å²) in [5, 5.41) is 1.34. The summed E-state index contributed by atoms with van der Waals surface area (Å²) in [6.07, 6.45) is 2.18. The van der Waals surface area contributed by atoms with Crippen LogP contribution in [0.3, 0.4) is 0 Å². The molecule has 0 radical (unpaired) electrons. The topological polar surface area (TPSA) is 4.93 Å². The Labute approximate surface area is 73.8 Å². The predicted octanol–water partition coefficient (Wildman–Crippen LogP) is 3.15. The second-order valence-electron chi connectivity index (χ2n) is 3.07. The normalized spacial score (nSPS) is 11.2. The third-order valence-electron chi connectivity index (χ3n) is 2.01. The number of nitrogens with zero attached hydrogens (tertiary/aromatic N) is 1. The standard InChI is InChI=1S/C10H12NP/c1-12(2)11-8-7-9-5-3-4-6-10(9)11/h3-8H,1-2H3. The van der Waals surface area contributed by atoms with E-state index >= 15 is 0 Å². The second-order valence-corrected chi connectivity index (χ2v) is 5.19. The van der Waals surface area contributed by atoms with Crippen molar-refractivity contribution >= 4 is 19.0 Å². The molecule has 0 aliphatic rings. The fraction of sp³-hybridized carbons (Fsp3) is 0.200. The van der Waals surface area contributed by atoms with Crippen LogP contribution in [0.2, 0.25) is 0 Å². The monoisotopic (exact) mass is 177 g/mol. The largest absolute Gasteiger partial charge is 0.326 e. The molecule has 0 bridgehead atoms. The summed E-state index contributed by atoms with van der Waals surface area (Å²) in [6, 6.07) is 10.7. The quantitative estimate of drug-likeness (QED) is 0.590. The van der Waals surface area contributed by atoms with Crippen LogP contribution >= 0.6 is 8.07 Å². The maximum Gasteiger partial charge on any atom is 0.0514 e. The van der Waals surface area contributed by atoms with Gasteiger partial charge in [-0.15, -0.1) is 0 Å². The van der Waals surface area contributed by atoms with E-state index in [0.717, 1.165) is 0 Å². The Morgan fingerprint density at radius 3 is 2.58 bits per heavy atom. The lowest BCUT2D eigenvalue weighted by Crippen LogP contribution is -1.85. The number of rotatable bonds is 1. The molecule has 1 nitrogen and oxygen atoms in total. The zero-order valence-electron chi connectivity index (χ0n) is 7.36. The number of para-hydroxylation sites is 1. The summed E-state index contributed by atoms with van der Waals surface area (Å²) >= 11 is 0. The van der Waals surface area contributed by atoms with Crippen LogP contribution in [0.4, 0.5) is 0 Å². The maximum absolute atomic E-state index is 2.35. The highest BCUT2D eigenvalue weighted by atomic mass is 31.1. The number of benzene rings is 1. The summed E-state index contributed by atoms with van der Waals surface area (Å²) in [5.41, 5.74) is 1.36. The summed E-state index contributed by atoms with van der Waals surface area (Å²) in [7, 11) is -0.0417. The van der Waals surface area contributed by atoms with Crippen molar-refractivity contribution in [2.45, 2.75) is 0 Å². The van der Waals surface area contributed by atoms with Gasteiger partial charge in [-0.1, -0.05) is 18.2 Å². The zero-order chi connectivity index (χ0) is 8.55. The van der Waals surface area contributed by atoms with Crippen LogP contribution in [0, 0.1) is 0 Å². The van der Waals surface area contributed by atoms with Crippen molar-refractivity contribution in [1.29, 1.82) is 0 Å². The first kappa shape index (κ1) is 7.82. The van der Waals surface area contributed by atoms with E-state index < -0.39 is 0 Å². The predicted molar refractivity (Wildman–Crippen MR) is 56.1 cm³/mol. The van der Waals surface area contributed by atoms with Gasteiger partial charge in [0.05, 0.1) is 5.52 Å². The molecule has 0 N–H and O–H groups in total. The van der Waals surface area contributed by atoms with Crippen molar-refractivity contribution in [2.24, 2.45) is 0 Å². The summed E-state index contributed by atoms with van der Waals surface area (Å²) in [6.45, 7) is 4.53. The molecule has 0 aliphatic carbocycles. The average Bonchev–Trinajstić information content (AvgIpc) is 2.47. The Balaban J connectivity index is 2.70. The molecule has 1 aromatic heterocycles. The molecule has 2 aromatic rings. The smallest absolute Gasteiger partial charge is 0.0514 e. The molecule has 62 valence electrons. The van der Waals surface area contributed by atoms with E-state index in [1.165, 1.54) is 10.9 Å². The van der Waals surface area contributed by atoms with Crippen molar-refractivity contribution in [2.75, 3.05) is 13.3 Å². The molecule has 0 saturated heterocycles. The van der Waals surface area contributed by atoms with Crippen LogP contribution < -0.4 is 0 Å².